The Balaban J connectivity index is 0.000000256. The number of nitro groups is 1. The molecule has 4 aromatic heterocycles. The molecule has 0 aliphatic carbocycles. The smallest absolute Gasteiger partial charge is 0.464 e. The number of ether oxygens (including phenoxy) is 10. The van der Waals surface area contributed by atoms with Gasteiger partial charge in [-0.1, -0.05) is 217 Å². The van der Waals surface area contributed by atoms with E-state index in [0.717, 1.165) is 32.5 Å². The van der Waals surface area contributed by atoms with Crippen LogP contribution in [0.25, 0.3) is 11.0 Å². The minimum absolute atomic E-state index is 0.0730. The number of hydrogen-bond donors (Lipinski definition) is 6. The van der Waals surface area contributed by atoms with E-state index >= 15 is 0 Å². The number of benzene rings is 3. The zero-order valence-corrected chi connectivity index (χ0v) is 80.9. The Morgan fingerprint density at radius 3 is 1.42 bits per heavy atom. The summed E-state index contributed by atoms with van der Waals surface area (Å²) in [6, 6.07) is 30.7. The van der Waals surface area contributed by atoms with Crippen molar-refractivity contribution >= 4 is 55.8 Å². The van der Waals surface area contributed by atoms with E-state index in [2.05, 4.69) is 50.3 Å². The number of non-ortho nitro benzene ring substituents is 1. The lowest BCUT2D eigenvalue weighted by Gasteiger charge is -2.27. The second-order valence-corrected chi connectivity index (χ2v) is 38.1. The predicted octanol–water partition coefficient (Wildman–Crippen LogP) is 19.1. The lowest BCUT2D eigenvalue weighted by atomic mass is 9.95. The minimum atomic E-state index is -4.32. The number of carbonyl (C=O) groups excluding carboxylic acids is 2. The number of rotatable bonds is 59. The number of nitrogens with zero attached hydrogens (tertiary/aromatic N) is 9. The molecule has 35 nitrogen and oxygen atoms in total. The van der Waals surface area contributed by atoms with E-state index in [-0.39, 0.29) is 42.0 Å². The molecule has 0 amide bonds. The van der Waals surface area contributed by atoms with Gasteiger partial charge in [0.1, 0.15) is 95.7 Å². The molecule has 0 radical (unpaired) electrons. The van der Waals surface area contributed by atoms with E-state index in [1.807, 2.05) is 6.07 Å². The highest BCUT2D eigenvalue weighted by Crippen LogP contribution is 2.51. The monoisotopic (exact) mass is 1890 g/mol. The molecule has 3 aromatic carbocycles. The molecule has 4 aliphatic heterocycles. The van der Waals surface area contributed by atoms with Crippen LogP contribution < -0.4 is 35.2 Å². The normalized spacial score (nSPS) is 19.9. The Labute approximate surface area is 784 Å². The number of nitrogens with one attached hydrogen (secondary N) is 2. The SMILES string of the molecule is C1CCOC1.CC1(C)O[C@H]2[C@H](c3ccc4c(N)ncnn34)O[C@](C#N)(CO)[C@H]2O1.CCCCCCCCCCCCCCCCOCCCOC(=O)[C@H](C)NP(=O)(OC[C@H](C#N)[C@H]1OC(C)(C)O[C@H]1[C@@H](O)c1ccc2c(N)ncnn12)Oc1ccccc1.CCCCCCCCCCCCCCCCOCCCOC(=O)[C@H](C)NP(=O)(Oc1ccccc1)Oc1ccc([N+](=O)[O-])cc1. The van der Waals surface area contributed by atoms with Crippen LogP contribution >= 0.6 is 15.5 Å². The van der Waals surface area contributed by atoms with Gasteiger partial charge in [0.25, 0.3) is 5.69 Å². The second-order valence-electron chi connectivity index (χ2n) is 34.8. The van der Waals surface area contributed by atoms with Crippen molar-refractivity contribution in [3.8, 4) is 29.4 Å². The molecular weight excluding hydrogens is 1750 g/mol. The Morgan fingerprint density at radius 2 is 0.970 bits per heavy atom. The van der Waals surface area contributed by atoms with Gasteiger partial charge in [0.05, 0.1) is 54.7 Å². The molecule has 8 N–H and O–H groups in total. The highest BCUT2D eigenvalue weighted by Gasteiger charge is 2.64. The molecule has 8 heterocycles. The maximum atomic E-state index is 14.2. The summed E-state index contributed by atoms with van der Waals surface area (Å²) in [5, 5.41) is 65.8. The first kappa shape index (κ1) is 109. The molecular formula is C96H145N13O22P2. The summed E-state index contributed by atoms with van der Waals surface area (Å²) in [5.74, 6) is -3.35. The van der Waals surface area contributed by atoms with Gasteiger partial charge in [-0.25, -0.2) is 28.1 Å². The average molecular weight is 1900 g/mol. The molecule has 7 aromatic rings. The summed E-state index contributed by atoms with van der Waals surface area (Å²) in [6.07, 6.45) is 37.6. The van der Waals surface area contributed by atoms with Gasteiger partial charge < -0.3 is 82.6 Å². The summed E-state index contributed by atoms with van der Waals surface area (Å²) in [4.78, 5) is 43.9. The van der Waals surface area contributed by atoms with Crippen LogP contribution in [0.2, 0.25) is 0 Å². The Morgan fingerprint density at radius 1 is 0.549 bits per heavy atom. The van der Waals surface area contributed by atoms with E-state index in [1.54, 1.807) is 117 Å². The predicted molar refractivity (Wildman–Crippen MR) is 503 cm³/mol. The van der Waals surface area contributed by atoms with Crippen LogP contribution in [0.5, 0.6) is 17.2 Å². The van der Waals surface area contributed by atoms with Crippen LogP contribution in [0.1, 0.15) is 284 Å². The molecule has 37 heteroatoms. The molecule has 0 bridgehead atoms. The van der Waals surface area contributed by atoms with Crippen molar-refractivity contribution in [2.24, 2.45) is 5.92 Å². The summed E-state index contributed by atoms with van der Waals surface area (Å²) < 4.78 is 111. The molecule has 12 atom stereocenters. The van der Waals surface area contributed by atoms with Gasteiger partial charge in [-0.15, -0.1) is 0 Å². The summed E-state index contributed by atoms with van der Waals surface area (Å²) in [7, 11) is -8.46. The first-order valence-corrected chi connectivity index (χ1v) is 50.8. The third kappa shape index (κ3) is 37.3. The topological polar surface area (TPSA) is 465 Å². The molecule has 736 valence electrons. The van der Waals surface area contributed by atoms with E-state index < -0.39 is 117 Å². The number of nitro benzene ring substituents is 1. The van der Waals surface area contributed by atoms with Crippen LogP contribution in [0, 0.1) is 38.7 Å². The van der Waals surface area contributed by atoms with E-state index in [0.29, 0.717) is 67.5 Å². The van der Waals surface area contributed by atoms with E-state index in [9.17, 15) is 49.6 Å². The summed E-state index contributed by atoms with van der Waals surface area (Å²) >= 11 is 0. The van der Waals surface area contributed by atoms with Crippen molar-refractivity contribution in [2.75, 3.05) is 77.5 Å². The molecule has 2 unspecified atom stereocenters. The quantitative estimate of drug-likeness (QED) is 0.00678. The number of nitrogens with two attached hydrogens (primary N) is 2. The Bertz CT molecular complexity index is 4690. The highest BCUT2D eigenvalue weighted by molar-refractivity contribution is 7.52. The minimum Gasteiger partial charge on any atom is -0.464 e. The fourth-order valence-electron chi connectivity index (χ4n) is 15.7. The zero-order chi connectivity index (χ0) is 95.8. The van der Waals surface area contributed by atoms with Crippen LogP contribution in [0.4, 0.5) is 17.3 Å². The van der Waals surface area contributed by atoms with Gasteiger partial charge in [0.15, 0.2) is 23.2 Å². The number of nitrogen functional groups attached to an aromatic ring is 2. The number of para-hydroxylation sites is 2. The Kier molecular flexibility index (Phi) is 48.2. The van der Waals surface area contributed by atoms with Crippen molar-refractivity contribution in [3.05, 3.63) is 143 Å². The third-order valence-corrected chi connectivity index (χ3v) is 26.1. The lowest BCUT2D eigenvalue weighted by molar-refractivity contribution is -0.384. The van der Waals surface area contributed by atoms with E-state index in [4.69, 9.17) is 76.9 Å². The zero-order valence-electron chi connectivity index (χ0n) is 79.1. The lowest BCUT2D eigenvalue weighted by Crippen LogP contribution is -2.45. The maximum absolute atomic E-state index is 14.2. The van der Waals surface area contributed by atoms with Crippen LogP contribution in [-0.4, -0.2) is 176 Å². The third-order valence-electron chi connectivity index (χ3n) is 22.8. The summed E-state index contributed by atoms with van der Waals surface area (Å²) in [6.45, 7) is 18.0. The van der Waals surface area contributed by atoms with Gasteiger partial charge in [-0.2, -0.15) is 30.9 Å². The molecule has 0 spiro atoms. The number of nitriles is 2. The molecule has 4 aliphatic rings. The maximum Gasteiger partial charge on any atom is 0.513 e. The number of fused-ring (bicyclic) bond motifs is 3. The van der Waals surface area contributed by atoms with E-state index in [1.165, 1.54) is 229 Å². The second kappa shape index (κ2) is 58.6. The molecule has 4 fully saturated rings. The number of aromatic nitrogens is 6. The fraction of sp³-hybridized carbons (Fsp3) is 0.646. The van der Waals surface area contributed by atoms with Crippen molar-refractivity contribution < 1.29 is 99.3 Å². The molecule has 0 saturated carbocycles. The van der Waals surface area contributed by atoms with Crippen LogP contribution in [-0.2, 0) is 70.6 Å². The number of unbranched alkanes of at least 4 members (excludes halogenated alkanes) is 26. The van der Waals surface area contributed by atoms with Gasteiger partial charge in [-0.05, 0) is 128 Å². The molecule has 133 heavy (non-hydrogen) atoms. The van der Waals surface area contributed by atoms with Crippen molar-refractivity contribution in [1.82, 2.24) is 39.4 Å². The fourth-order valence-corrected chi connectivity index (χ4v) is 18.7. The number of esters is 2. The van der Waals surface area contributed by atoms with Crippen molar-refractivity contribution in [1.29, 1.82) is 10.5 Å². The standard InChI is InChI=1S/C43H67N6O9P.C34H53N2O8P.C15H17N5O4.C4H8O/c1-5-6-7-8-9-10-11-12-13-14-15-16-17-21-27-53-28-22-29-54-42(51)33(2)48-59(52,58-35-23-19-18-20-24-35)55-31-34(30-44)39-40(57-43(3,4)56-39)38(50)36-25-26-37-41(45)46-32-47-49(36)37;1-3-4-5-6-7-8-9-10-11-12-13-14-15-19-27-41-28-20-29-42-34(37)30(2)35-45(40,43-32-21-17-16-18-22-32)44-33-25-23-31(24-26-33)36(38)39;1-14(2)22-11-10(23-15(5-16,6-21)12(11)24-14)8-3-4-9-13(17)18-7-19-20(8)9;1-2-4-5-3-1/h18-20,23-26,32-34,38-40,50H,5-17,21-22,27-29,31H2,1-4H3,(H,48,52)(H2,45,46,47);16-18,21-26,30H,3-15,19-20,27-29H2,1-2H3,(H,35,40);3-4,7,10-12,21H,6H2,1-2H3,(H2,17,18,19);1-4H2/t33-,34-,38-,39+,40-,59?;30-,45?;10-,11-,12-,15+;/m000./s1. The van der Waals surface area contributed by atoms with Crippen molar-refractivity contribution in [3.63, 3.8) is 0 Å². The number of carbonyl (C=O) groups is 2. The van der Waals surface area contributed by atoms with Gasteiger partial charge in [0, 0.05) is 64.6 Å². The van der Waals surface area contributed by atoms with Gasteiger partial charge in [0.2, 0.25) is 5.60 Å². The number of anilines is 2. The number of hydrogen-bond acceptors (Lipinski definition) is 30. The average Bonchev–Trinajstić information content (AvgIpc) is 1.56. The molecule has 11 rings (SSSR count). The first-order chi connectivity index (χ1) is 64.2. The molecule has 4 saturated heterocycles. The summed E-state index contributed by atoms with van der Waals surface area (Å²) in [5.41, 5.74) is 12.3. The Hall–Kier alpha value is -8.84. The first-order valence-electron chi connectivity index (χ1n) is 47.8. The van der Waals surface area contributed by atoms with Crippen LogP contribution in [0.15, 0.2) is 122 Å². The van der Waals surface area contributed by atoms with Crippen LogP contribution in [0.3, 0.4) is 0 Å². The number of aliphatic hydroxyl groups is 2. The van der Waals surface area contributed by atoms with Gasteiger partial charge in [-0.3, -0.25) is 24.2 Å². The van der Waals surface area contributed by atoms with Crippen molar-refractivity contribution in [2.45, 2.75) is 327 Å². The van der Waals surface area contributed by atoms with Gasteiger partial charge >= 0.3 is 27.4 Å². The largest absolute Gasteiger partial charge is 0.513 e. The highest BCUT2D eigenvalue weighted by atomic mass is 31.2. The number of aliphatic hydroxyl groups excluding tert-OH is 2.